The van der Waals surface area contributed by atoms with E-state index in [0.717, 1.165) is 12.6 Å². The topological polar surface area (TPSA) is 58.4 Å². The van der Waals surface area contributed by atoms with Gasteiger partial charge in [-0.15, -0.1) is 0 Å². The third kappa shape index (κ3) is 3.99. The molecule has 1 atom stereocenters. The Balaban J connectivity index is 2.75. The van der Waals surface area contributed by atoms with Crippen LogP contribution in [-0.2, 0) is 0 Å². The Labute approximate surface area is 99.4 Å². The minimum Gasteiger partial charge on any atom is -0.379 e. The smallest absolute Gasteiger partial charge is 0.272 e. The lowest BCUT2D eigenvalue weighted by Crippen LogP contribution is -2.29. The maximum absolute atomic E-state index is 13.5. The summed E-state index contributed by atoms with van der Waals surface area (Å²) in [6.45, 7) is 2.66. The maximum Gasteiger partial charge on any atom is 0.272 e. The lowest BCUT2D eigenvalue weighted by atomic mass is 10.2. The van der Waals surface area contributed by atoms with Crippen LogP contribution in [0, 0.1) is 15.9 Å². The van der Waals surface area contributed by atoms with Crippen LogP contribution in [0.15, 0.2) is 18.2 Å². The zero-order chi connectivity index (χ0) is 13.0. The molecule has 0 aliphatic carbocycles. The number of benzene rings is 1. The Bertz CT molecular complexity index is 410. The lowest BCUT2D eigenvalue weighted by molar-refractivity contribution is -0.385. The third-order valence-corrected chi connectivity index (χ3v) is 2.20. The first-order valence-corrected chi connectivity index (χ1v) is 5.25. The zero-order valence-electron chi connectivity index (χ0n) is 10.1. The summed E-state index contributed by atoms with van der Waals surface area (Å²) in [6.07, 6.45) is 0. The lowest BCUT2D eigenvalue weighted by Gasteiger charge is -2.19. The van der Waals surface area contributed by atoms with Gasteiger partial charge in [-0.25, -0.2) is 4.39 Å². The normalized spacial score (nSPS) is 12.5. The van der Waals surface area contributed by atoms with Gasteiger partial charge in [-0.05, 0) is 27.1 Å². The first-order chi connectivity index (χ1) is 7.90. The Morgan fingerprint density at radius 2 is 2.18 bits per heavy atom. The van der Waals surface area contributed by atoms with Gasteiger partial charge in [0.15, 0.2) is 5.82 Å². The van der Waals surface area contributed by atoms with E-state index in [4.69, 9.17) is 0 Å². The van der Waals surface area contributed by atoms with Crippen molar-refractivity contribution in [1.82, 2.24) is 4.90 Å². The van der Waals surface area contributed by atoms with Gasteiger partial charge in [-0.1, -0.05) is 0 Å². The van der Waals surface area contributed by atoms with Crippen LogP contribution in [0.5, 0.6) is 0 Å². The van der Waals surface area contributed by atoms with Crippen LogP contribution in [-0.4, -0.2) is 36.5 Å². The number of nitro benzene ring substituents is 1. The van der Waals surface area contributed by atoms with Crippen molar-refractivity contribution >= 4 is 11.4 Å². The van der Waals surface area contributed by atoms with Crippen molar-refractivity contribution in [1.29, 1.82) is 0 Å². The molecule has 0 radical (unpaired) electrons. The predicted octanol–water partition coefficient (Wildman–Crippen LogP) is 2.10. The SMILES string of the molecule is CC(CN(C)C)Nc1ccc([N+](=O)[O-])cc1F. The van der Waals surface area contributed by atoms with Gasteiger partial charge >= 0.3 is 0 Å². The van der Waals surface area contributed by atoms with Crippen molar-refractivity contribution < 1.29 is 9.31 Å². The van der Waals surface area contributed by atoms with Gasteiger partial charge in [0.05, 0.1) is 16.7 Å². The second-order valence-corrected chi connectivity index (χ2v) is 4.23. The van der Waals surface area contributed by atoms with E-state index in [-0.39, 0.29) is 17.4 Å². The molecule has 1 aromatic carbocycles. The minimum absolute atomic E-state index is 0.0564. The molecule has 0 aliphatic rings. The Morgan fingerprint density at radius 1 is 1.53 bits per heavy atom. The maximum atomic E-state index is 13.5. The van der Waals surface area contributed by atoms with Crippen molar-refractivity contribution in [2.45, 2.75) is 13.0 Å². The van der Waals surface area contributed by atoms with Gasteiger partial charge in [-0.2, -0.15) is 0 Å². The summed E-state index contributed by atoms with van der Waals surface area (Å²) >= 11 is 0. The van der Waals surface area contributed by atoms with Crippen LogP contribution in [0.3, 0.4) is 0 Å². The summed E-state index contributed by atoms with van der Waals surface area (Å²) in [5, 5.41) is 13.4. The molecule has 1 rings (SSSR count). The molecule has 17 heavy (non-hydrogen) atoms. The number of non-ortho nitro benzene ring substituents is 1. The summed E-state index contributed by atoms with van der Waals surface area (Å²) < 4.78 is 13.5. The number of nitro groups is 1. The van der Waals surface area contributed by atoms with Crippen LogP contribution in [0.4, 0.5) is 15.8 Å². The Morgan fingerprint density at radius 3 is 2.65 bits per heavy atom. The Kier molecular flexibility index (Phi) is 4.39. The summed E-state index contributed by atoms with van der Waals surface area (Å²) in [7, 11) is 3.84. The molecule has 0 saturated heterocycles. The number of hydrogen-bond acceptors (Lipinski definition) is 4. The highest BCUT2D eigenvalue weighted by atomic mass is 19.1. The largest absolute Gasteiger partial charge is 0.379 e. The van der Waals surface area contributed by atoms with Gasteiger partial charge in [0.25, 0.3) is 5.69 Å². The van der Waals surface area contributed by atoms with Crippen molar-refractivity contribution in [3.63, 3.8) is 0 Å². The van der Waals surface area contributed by atoms with Crippen molar-refractivity contribution in [3.8, 4) is 0 Å². The van der Waals surface area contributed by atoms with E-state index in [1.165, 1.54) is 12.1 Å². The van der Waals surface area contributed by atoms with Crippen molar-refractivity contribution in [3.05, 3.63) is 34.1 Å². The highest BCUT2D eigenvalue weighted by Crippen LogP contribution is 2.21. The monoisotopic (exact) mass is 241 g/mol. The first kappa shape index (κ1) is 13.4. The average Bonchev–Trinajstić information content (AvgIpc) is 2.19. The molecule has 0 saturated carbocycles. The number of nitrogens with zero attached hydrogens (tertiary/aromatic N) is 2. The van der Waals surface area contributed by atoms with Gasteiger partial charge in [-0.3, -0.25) is 10.1 Å². The van der Waals surface area contributed by atoms with E-state index in [1.807, 2.05) is 25.9 Å². The van der Waals surface area contributed by atoms with Gasteiger partial charge in [0.2, 0.25) is 0 Å². The summed E-state index contributed by atoms with van der Waals surface area (Å²) in [5.41, 5.74) is 0.0401. The molecule has 0 fully saturated rings. The second-order valence-electron chi connectivity index (χ2n) is 4.23. The fraction of sp³-hybridized carbons (Fsp3) is 0.455. The molecule has 0 aromatic heterocycles. The van der Waals surface area contributed by atoms with E-state index in [9.17, 15) is 14.5 Å². The number of anilines is 1. The van der Waals surface area contributed by atoms with Crippen molar-refractivity contribution in [2.75, 3.05) is 26.0 Å². The highest BCUT2D eigenvalue weighted by Gasteiger charge is 2.12. The van der Waals surface area contributed by atoms with Crippen LogP contribution >= 0.6 is 0 Å². The minimum atomic E-state index is -0.615. The molecule has 6 heteroatoms. The molecule has 1 N–H and O–H groups in total. The molecular formula is C11H16FN3O2. The molecule has 0 bridgehead atoms. The number of hydrogen-bond donors (Lipinski definition) is 1. The molecule has 0 amide bonds. The quantitative estimate of drug-likeness (QED) is 0.633. The molecule has 1 aromatic rings. The average molecular weight is 241 g/mol. The van der Waals surface area contributed by atoms with Gasteiger partial charge < -0.3 is 10.2 Å². The highest BCUT2D eigenvalue weighted by molar-refractivity contribution is 5.50. The second kappa shape index (κ2) is 5.58. The number of nitrogens with one attached hydrogen (secondary N) is 1. The fourth-order valence-electron chi connectivity index (χ4n) is 1.59. The predicted molar refractivity (Wildman–Crippen MR) is 64.7 cm³/mol. The molecule has 0 spiro atoms. The molecule has 0 aliphatic heterocycles. The van der Waals surface area contributed by atoms with E-state index in [2.05, 4.69) is 5.32 Å². The van der Waals surface area contributed by atoms with Gasteiger partial charge in [0, 0.05) is 18.7 Å². The molecule has 1 unspecified atom stereocenters. The van der Waals surface area contributed by atoms with Crippen LogP contribution < -0.4 is 5.32 Å². The van der Waals surface area contributed by atoms with Gasteiger partial charge in [0.1, 0.15) is 0 Å². The van der Waals surface area contributed by atoms with E-state index in [1.54, 1.807) is 0 Å². The number of rotatable bonds is 5. The fourth-order valence-corrected chi connectivity index (χ4v) is 1.59. The van der Waals surface area contributed by atoms with Crippen LogP contribution in [0.25, 0.3) is 0 Å². The molecule has 5 nitrogen and oxygen atoms in total. The summed E-state index contributed by atoms with van der Waals surface area (Å²) in [5.74, 6) is -0.607. The van der Waals surface area contributed by atoms with Crippen molar-refractivity contribution in [2.24, 2.45) is 0 Å². The standard InChI is InChI=1S/C11H16FN3O2/c1-8(7-14(2)3)13-11-5-4-9(15(16)17)6-10(11)12/h4-6,8,13H,7H2,1-3H3. The van der Waals surface area contributed by atoms with Crippen LogP contribution in [0.1, 0.15) is 6.92 Å². The van der Waals surface area contributed by atoms with E-state index < -0.39 is 10.7 Å². The van der Waals surface area contributed by atoms with E-state index in [0.29, 0.717) is 0 Å². The third-order valence-electron chi connectivity index (χ3n) is 2.20. The zero-order valence-corrected chi connectivity index (χ0v) is 10.1. The number of likely N-dealkylation sites (N-methyl/N-ethyl adjacent to an activating group) is 1. The Hall–Kier alpha value is -1.69. The summed E-state index contributed by atoms with van der Waals surface area (Å²) in [6, 6.07) is 3.65. The van der Waals surface area contributed by atoms with E-state index >= 15 is 0 Å². The first-order valence-electron chi connectivity index (χ1n) is 5.25. The molecular weight excluding hydrogens is 225 g/mol. The number of halogens is 1. The van der Waals surface area contributed by atoms with Crippen LogP contribution in [0.2, 0.25) is 0 Å². The summed E-state index contributed by atoms with van der Waals surface area (Å²) in [4.78, 5) is 11.8. The molecule has 94 valence electrons. The molecule has 0 heterocycles.